The van der Waals surface area contributed by atoms with E-state index in [0.717, 1.165) is 11.3 Å². The molecule has 26 heavy (non-hydrogen) atoms. The number of aromatic nitrogens is 2. The van der Waals surface area contributed by atoms with E-state index in [-0.39, 0.29) is 0 Å². The van der Waals surface area contributed by atoms with Crippen molar-refractivity contribution >= 4 is 52.0 Å². The first-order valence-electron chi connectivity index (χ1n) is 7.73. The molecule has 1 aromatic heterocycles. The molecule has 0 aliphatic heterocycles. The topological polar surface area (TPSA) is 51.1 Å². The van der Waals surface area contributed by atoms with Gasteiger partial charge in [-0.15, -0.1) is 0 Å². The molecule has 0 aliphatic rings. The predicted octanol–water partition coefficient (Wildman–Crippen LogP) is 5.06. The Morgan fingerprint density at radius 3 is 2.58 bits per heavy atom. The summed E-state index contributed by atoms with van der Waals surface area (Å²) < 4.78 is 7.03. The van der Waals surface area contributed by atoms with Crippen molar-refractivity contribution in [3.8, 4) is 5.75 Å². The zero-order valence-corrected chi connectivity index (χ0v) is 16.2. The van der Waals surface area contributed by atoms with E-state index >= 15 is 0 Å². The summed E-state index contributed by atoms with van der Waals surface area (Å²) in [5, 5.41) is 12.1. The van der Waals surface area contributed by atoms with Crippen LogP contribution in [0.3, 0.4) is 0 Å². The molecule has 0 fully saturated rings. The molecule has 0 saturated heterocycles. The number of hydrogen-bond acceptors (Lipinski definition) is 3. The first kappa shape index (κ1) is 18.5. The van der Waals surface area contributed by atoms with Crippen molar-refractivity contribution in [2.45, 2.75) is 6.54 Å². The number of nitrogens with one attached hydrogen (secondary N) is 2. The molecule has 0 spiro atoms. The van der Waals surface area contributed by atoms with E-state index in [1.807, 2.05) is 48.5 Å². The van der Waals surface area contributed by atoms with Crippen LogP contribution in [0.2, 0.25) is 10.0 Å². The summed E-state index contributed by atoms with van der Waals surface area (Å²) in [6.07, 6.45) is 1.74. The smallest absolute Gasteiger partial charge is 0.176 e. The van der Waals surface area contributed by atoms with Crippen molar-refractivity contribution in [1.29, 1.82) is 0 Å². The second kappa shape index (κ2) is 8.40. The van der Waals surface area contributed by atoms with Gasteiger partial charge in [0, 0.05) is 11.2 Å². The fourth-order valence-corrected chi connectivity index (χ4v) is 2.88. The standard InChI is InChI=1S/C18H16Cl2N4OS/c1-25-16-5-3-2-4-15(16)21-18(26)22-17-14(20)11-24(23-17)10-12-6-8-13(19)9-7-12/h2-9,11H,10H2,1H3,(H2,21,22,23,26). The molecule has 0 bridgehead atoms. The fraction of sp³-hybridized carbons (Fsp3) is 0.111. The molecule has 0 aliphatic carbocycles. The van der Waals surface area contributed by atoms with Crippen molar-refractivity contribution in [3.63, 3.8) is 0 Å². The second-order valence-electron chi connectivity index (χ2n) is 5.43. The first-order chi connectivity index (χ1) is 12.5. The van der Waals surface area contributed by atoms with Crippen LogP contribution in [-0.4, -0.2) is 22.0 Å². The highest BCUT2D eigenvalue weighted by molar-refractivity contribution is 7.80. The van der Waals surface area contributed by atoms with Gasteiger partial charge >= 0.3 is 0 Å². The highest BCUT2D eigenvalue weighted by atomic mass is 35.5. The summed E-state index contributed by atoms with van der Waals surface area (Å²) >= 11 is 17.5. The van der Waals surface area contributed by atoms with Gasteiger partial charge < -0.3 is 15.4 Å². The molecule has 0 radical (unpaired) electrons. The van der Waals surface area contributed by atoms with Gasteiger partial charge in [0.2, 0.25) is 0 Å². The lowest BCUT2D eigenvalue weighted by Gasteiger charge is -2.12. The third kappa shape index (κ3) is 4.66. The van der Waals surface area contributed by atoms with E-state index in [0.29, 0.717) is 33.3 Å². The Morgan fingerprint density at radius 2 is 1.85 bits per heavy atom. The van der Waals surface area contributed by atoms with E-state index in [1.165, 1.54) is 0 Å². The molecule has 8 heteroatoms. The van der Waals surface area contributed by atoms with Gasteiger partial charge in [0.25, 0.3) is 0 Å². The third-order valence-electron chi connectivity index (χ3n) is 3.56. The van der Waals surface area contributed by atoms with Crippen LogP contribution in [0.5, 0.6) is 5.75 Å². The van der Waals surface area contributed by atoms with Crippen LogP contribution in [-0.2, 0) is 6.54 Å². The van der Waals surface area contributed by atoms with E-state index in [1.54, 1.807) is 18.0 Å². The summed E-state index contributed by atoms with van der Waals surface area (Å²) in [5.74, 6) is 1.17. The maximum atomic E-state index is 6.26. The Morgan fingerprint density at radius 1 is 1.12 bits per heavy atom. The minimum absolute atomic E-state index is 0.369. The minimum atomic E-state index is 0.369. The predicted molar refractivity (Wildman–Crippen MR) is 111 cm³/mol. The second-order valence-corrected chi connectivity index (χ2v) is 6.68. The molecule has 5 nitrogen and oxygen atoms in total. The quantitative estimate of drug-likeness (QED) is 0.580. The van der Waals surface area contributed by atoms with E-state index in [2.05, 4.69) is 15.7 Å². The third-order valence-corrected chi connectivity index (χ3v) is 4.29. The highest BCUT2D eigenvalue weighted by Crippen LogP contribution is 2.24. The van der Waals surface area contributed by atoms with Crippen molar-refractivity contribution in [1.82, 2.24) is 9.78 Å². The van der Waals surface area contributed by atoms with Crippen LogP contribution in [0.1, 0.15) is 5.56 Å². The number of thiocarbonyl (C=S) groups is 1. The van der Waals surface area contributed by atoms with E-state index in [9.17, 15) is 0 Å². The van der Waals surface area contributed by atoms with Gasteiger partial charge in [-0.1, -0.05) is 47.5 Å². The first-order valence-corrected chi connectivity index (χ1v) is 8.90. The van der Waals surface area contributed by atoms with Crippen LogP contribution in [0.4, 0.5) is 11.5 Å². The molecule has 2 N–H and O–H groups in total. The maximum Gasteiger partial charge on any atom is 0.176 e. The number of anilines is 2. The van der Waals surface area contributed by atoms with Crippen LogP contribution in [0.15, 0.2) is 54.7 Å². The fourth-order valence-electron chi connectivity index (χ4n) is 2.35. The summed E-state index contributed by atoms with van der Waals surface area (Å²) in [6.45, 7) is 0.575. The van der Waals surface area contributed by atoms with Gasteiger partial charge in [-0.2, -0.15) is 5.10 Å². The Balaban J connectivity index is 1.67. The van der Waals surface area contributed by atoms with Gasteiger partial charge in [-0.25, -0.2) is 0 Å². The number of ether oxygens (including phenoxy) is 1. The van der Waals surface area contributed by atoms with Crippen molar-refractivity contribution in [2.24, 2.45) is 0 Å². The molecular formula is C18H16Cl2N4OS. The lowest BCUT2D eigenvalue weighted by molar-refractivity contribution is 0.417. The molecule has 134 valence electrons. The highest BCUT2D eigenvalue weighted by Gasteiger charge is 2.10. The van der Waals surface area contributed by atoms with Crippen molar-refractivity contribution in [2.75, 3.05) is 17.7 Å². The molecule has 0 amide bonds. The lowest BCUT2D eigenvalue weighted by Crippen LogP contribution is -2.20. The van der Waals surface area contributed by atoms with Crippen LogP contribution in [0.25, 0.3) is 0 Å². The number of nitrogens with zero attached hydrogens (tertiary/aromatic N) is 2. The largest absolute Gasteiger partial charge is 0.495 e. The minimum Gasteiger partial charge on any atom is -0.495 e. The number of methoxy groups -OCH3 is 1. The Kier molecular flexibility index (Phi) is 5.98. The van der Waals surface area contributed by atoms with Gasteiger partial charge in [0.15, 0.2) is 10.9 Å². The van der Waals surface area contributed by atoms with E-state index < -0.39 is 0 Å². The molecule has 1 heterocycles. The monoisotopic (exact) mass is 406 g/mol. The molecule has 3 rings (SSSR count). The van der Waals surface area contributed by atoms with Gasteiger partial charge in [0.05, 0.1) is 19.3 Å². The summed E-state index contributed by atoms with van der Waals surface area (Å²) in [6, 6.07) is 15.1. The summed E-state index contributed by atoms with van der Waals surface area (Å²) in [4.78, 5) is 0. The number of hydrogen-bond donors (Lipinski definition) is 2. The van der Waals surface area contributed by atoms with Gasteiger partial charge in [-0.05, 0) is 42.0 Å². The Labute approximate surface area is 166 Å². The molecule has 0 saturated carbocycles. The van der Waals surface area contributed by atoms with Gasteiger partial charge in [0.1, 0.15) is 10.8 Å². The number of benzene rings is 2. The maximum absolute atomic E-state index is 6.26. The number of halogens is 2. The SMILES string of the molecule is COc1ccccc1NC(=S)Nc1nn(Cc2ccc(Cl)cc2)cc1Cl. The van der Waals surface area contributed by atoms with Crippen LogP contribution < -0.4 is 15.4 Å². The number of rotatable bonds is 5. The van der Waals surface area contributed by atoms with Crippen molar-refractivity contribution in [3.05, 3.63) is 70.3 Å². The molecular weight excluding hydrogens is 391 g/mol. The zero-order chi connectivity index (χ0) is 18.5. The van der Waals surface area contributed by atoms with E-state index in [4.69, 9.17) is 40.2 Å². The van der Waals surface area contributed by atoms with Gasteiger partial charge in [-0.3, -0.25) is 4.68 Å². The van der Waals surface area contributed by atoms with Crippen molar-refractivity contribution < 1.29 is 4.74 Å². The lowest BCUT2D eigenvalue weighted by atomic mass is 10.2. The molecule has 2 aromatic carbocycles. The number of para-hydroxylation sites is 2. The van der Waals surface area contributed by atoms with Crippen LogP contribution in [0, 0.1) is 0 Å². The zero-order valence-electron chi connectivity index (χ0n) is 13.9. The Bertz CT molecular complexity index is 912. The average molecular weight is 407 g/mol. The van der Waals surface area contributed by atoms with Crippen LogP contribution >= 0.6 is 35.4 Å². The summed E-state index contributed by atoms with van der Waals surface area (Å²) in [5.41, 5.74) is 1.82. The molecule has 0 unspecified atom stereocenters. The summed E-state index contributed by atoms with van der Waals surface area (Å²) in [7, 11) is 1.60. The molecule has 3 aromatic rings. The molecule has 0 atom stereocenters. The normalized spacial score (nSPS) is 10.4. The Hall–Kier alpha value is -2.28. The average Bonchev–Trinajstić information content (AvgIpc) is 2.96.